The number of ether oxygens (including phenoxy) is 1. The third-order valence-corrected chi connectivity index (χ3v) is 2.12. The molecule has 0 saturated carbocycles. The predicted octanol–water partition coefficient (Wildman–Crippen LogP) is 1.47. The van der Waals surface area contributed by atoms with Gasteiger partial charge in [-0.2, -0.15) is 4.68 Å². The molecule has 0 fully saturated rings. The maximum absolute atomic E-state index is 13.3. The molecule has 0 radical (unpaired) electrons. The lowest BCUT2D eigenvalue weighted by atomic mass is 10.2. The summed E-state index contributed by atoms with van der Waals surface area (Å²) < 4.78 is 18.9. The summed E-state index contributed by atoms with van der Waals surface area (Å²) in [5, 5.41) is 2.08. The molecule has 0 saturated heterocycles. The van der Waals surface area contributed by atoms with Gasteiger partial charge in [-0.1, -0.05) is 6.07 Å². The fourth-order valence-corrected chi connectivity index (χ4v) is 1.47. The van der Waals surface area contributed by atoms with Gasteiger partial charge in [0.05, 0.1) is 12.1 Å². The van der Waals surface area contributed by atoms with E-state index >= 15 is 0 Å². The molecule has 1 heterocycles. The van der Waals surface area contributed by atoms with Gasteiger partial charge in [0.2, 0.25) is 0 Å². The SMILES string of the molecule is CCOC(=O)n1[nH]c(=O)c2c(F)cccc21. The molecule has 0 amide bonds. The zero-order valence-electron chi connectivity index (χ0n) is 8.49. The Bertz CT molecular complexity index is 600. The first kappa shape index (κ1) is 10.4. The van der Waals surface area contributed by atoms with Gasteiger partial charge in [0.15, 0.2) is 0 Å². The summed E-state index contributed by atoms with van der Waals surface area (Å²) in [5.41, 5.74) is -0.482. The van der Waals surface area contributed by atoms with Crippen LogP contribution >= 0.6 is 0 Å². The van der Waals surface area contributed by atoms with Gasteiger partial charge in [-0.05, 0) is 19.1 Å². The van der Waals surface area contributed by atoms with E-state index in [1.165, 1.54) is 12.1 Å². The third-order valence-electron chi connectivity index (χ3n) is 2.12. The number of fused-ring (bicyclic) bond motifs is 1. The number of carbonyl (C=O) groups is 1. The maximum atomic E-state index is 13.3. The summed E-state index contributed by atoms with van der Waals surface area (Å²) in [6.45, 7) is 1.82. The Hall–Kier alpha value is -2.11. The van der Waals surface area contributed by atoms with Crippen molar-refractivity contribution >= 4 is 17.0 Å². The monoisotopic (exact) mass is 224 g/mol. The van der Waals surface area contributed by atoms with Crippen molar-refractivity contribution < 1.29 is 13.9 Å². The molecule has 16 heavy (non-hydrogen) atoms. The summed E-state index contributed by atoms with van der Waals surface area (Å²) in [5.74, 6) is -0.665. The lowest BCUT2D eigenvalue weighted by Crippen LogP contribution is -2.17. The van der Waals surface area contributed by atoms with Gasteiger partial charge in [-0.25, -0.2) is 9.18 Å². The molecular weight excluding hydrogens is 215 g/mol. The number of aromatic nitrogens is 2. The van der Waals surface area contributed by atoms with Crippen molar-refractivity contribution in [2.24, 2.45) is 0 Å². The second-order valence-electron chi connectivity index (χ2n) is 3.11. The zero-order chi connectivity index (χ0) is 11.7. The number of benzene rings is 1. The summed E-state index contributed by atoms with van der Waals surface area (Å²) in [6, 6.07) is 4.04. The predicted molar refractivity (Wildman–Crippen MR) is 54.9 cm³/mol. The highest BCUT2D eigenvalue weighted by atomic mass is 19.1. The highest BCUT2D eigenvalue weighted by molar-refractivity contribution is 5.87. The van der Waals surface area contributed by atoms with E-state index < -0.39 is 17.5 Å². The van der Waals surface area contributed by atoms with Crippen molar-refractivity contribution in [1.82, 2.24) is 9.78 Å². The van der Waals surface area contributed by atoms with Gasteiger partial charge in [-0.3, -0.25) is 9.89 Å². The molecule has 84 valence electrons. The van der Waals surface area contributed by atoms with Crippen LogP contribution in [0.5, 0.6) is 0 Å². The lowest BCUT2D eigenvalue weighted by Gasteiger charge is -2.02. The second-order valence-corrected chi connectivity index (χ2v) is 3.11. The smallest absolute Gasteiger partial charge is 0.433 e. The molecule has 0 atom stereocenters. The van der Waals surface area contributed by atoms with Crippen molar-refractivity contribution in [3.8, 4) is 0 Å². The molecule has 0 unspecified atom stereocenters. The van der Waals surface area contributed by atoms with Crippen LogP contribution in [0.4, 0.5) is 9.18 Å². The van der Waals surface area contributed by atoms with Crippen LogP contribution in [0.2, 0.25) is 0 Å². The number of hydrogen-bond donors (Lipinski definition) is 1. The number of halogens is 1. The van der Waals surface area contributed by atoms with Crippen molar-refractivity contribution in [3.05, 3.63) is 34.4 Å². The van der Waals surface area contributed by atoms with Gasteiger partial charge >= 0.3 is 6.09 Å². The first-order valence-electron chi connectivity index (χ1n) is 4.71. The molecule has 1 N–H and O–H groups in total. The highest BCUT2D eigenvalue weighted by Crippen LogP contribution is 2.13. The quantitative estimate of drug-likeness (QED) is 0.797. The standard InChI is InChI=1S/C10H9FN2O3/c1-2-16-10(15)13-7-5-3-4-6(11)8(7)9(14)12-13/h3-5H,2H2,1H3,(H,12,14). The number of carbonyl (C=O) groups excluding carboxylic acids is 1. The maximum Gasteiger partial charge on any atom is 0.433 e. The van der Waals surface area contributed by atoms with Crippen LogP contribution in [0.3, 0.4) is 0 Å². The molecule has 0 aliphatic rings. The molecule has 1 aromatic heterocycles. The zero-order valence-corrected chi connectivity index (χ0v) is 8.49. The summed E-state index contributed by atoms with van der Waals surface area (Å²) in [4.78, 5) is 22.8. The number of aromatic amines is 1. The first-order valence-corrected chi connectivity index (χ1v) is 4.71. The largest absolute Gasteiger partial charge is 0.448 e. The minimum atomic E-state index is -0.736. The molecule has 2 aromatic rings. The Balaban J connectivity index is 2.69. The van der Waals surface area contributed by atoms with Crippen LogP contribution < -0.4 is 5.56 Å². The Labute approximate surface area is 89.4 Å². The fourth-order valence-electron chi connectivity index (χ4n) is 1.47. The molecular formula is C10H9FN2O3. The topological polar surface area (TPSA) is 64.1 Å². The average molecular weight is 224 g/mol. The van der Waals surface area contributed by atoms with Gasteiger partial charge in [0.1, 0.15) is 11.2 Å². The van der Waals surface area contributed by atoms with Crippen LogP contribution in [0.1, 0.15) is 6.92 Å². The van der Waals surface area contributed by atoms with E-state index in [-0.39, 0.29) is 17.5 Å². The van der Waals surface area contributed by atoms with Crippen LogP contribution in [-0.4, -0.2) is 22.5 Å². The summed E-state index contributed by atoms with van der Waals surface area (Å²) in [6.07, 6.45) is -0.736. The van der Waals surface area contributed by atoms with Crippen LogP contribution in [-0.2, 0) is 4.74 Å². The van der Waals surface area contributed by atoms with Gasteiger partial charge < -0.3 is 4.74 Å². The van der Waals surface area contributed by atoms with E-state index in [4.69, 9.17) is 4.74 Å². The Kier molecular flexibility index (Phi) is 2.47. The highest BCUT2D eigenvalue weighted by Gasteiger charge is 2.15. The van der Waals surface area contributed by atoms with E-state index in [1.54, 1.807) is 6.92 Å². The van der Waals surface area contributed by atoms with E-state index in [0.717, 1.165) is 10.7 Å². The lowest BCUT2D eigenvalue weighted by molar-refractivity contribution is 0.151. The van der Waals surface area contributed by atoms with Crippen molar-refractivity contribution in [3.63, 3.8) is 0 Å². The van der Waals surface area contributed by atoms with E-state index in [2.05, 4.69) is 5.10 Å². The minimum Gasteiger partial charge on any atom is -0.448 e. The van der Waals surface area contributed by atoms with Crippen molar-refractivity contribution in [2.75, 3.05) is 6.61 Å². The van der Waals surface area contributed by atoms with Gasteiger partial charge in [0, 0.05) is 0 Å². The Morgan fingerprint density at radius 2 is 2.31 bits per heavy atom. The van der Waals surface area contributed by atoms with E-state index in [9.17, 15) is 14.0 Å². The van der Waals surface area contributed by atoms with E-state index in [1.807, 2.05) is 0 Å². The Morgan fingerprint density at radius 3 is 3.00 bits per heavy atom. The number of nitrogens with one attached hydrogen (secondary N) is 1. The third kappa shape index (κ3) is 1.48. The Morgan fingerprint density at radius 1 is 1.56 bits per heavy atom. The molecule has 0 bridgehead atoms. The van der Waals surface area contributed by atoms with Gasteiger partial charge in [-0.15, -0.1) is 0 Å². The van der Waals surface area contributed by atoms with Crippen LogP contribution in [0.15, 0.2) is 23.0 Å². The van der Waals surface area contributed by atoms with Crippen molar-refractivity contribution in [1.29, 1.82) is 0 Å². The summed E-state index contributed by atoms with van der Waals surface area (Å²) >= 11 is 0. The molecule has 0 aliphatic carbocycles. The molecule has 0 aliphatic heterocycles. The minimum absolute atomic E-state index is 0.143. The number of hydrogen-bond acceptors (Lipinski definition) is 3. The second kappa shape index (κ2) is 3.80. The fraction of sp³-hybridized carbons (Fsp3) is 0.200. The number of nitrogens with zero attached hydrogens (tertiary/aromatic N) is 1. The summed E-state index contributed by atoms with van der Waals surface area (Å²) in [7, 11) is 0. The number of H-pyrrole nitrogens is 1. The molecule has 2 rings (SSSR count). The molecule has 6 heteroatoms. The van der Waals surface area contributed by atoms with Crippen LogP contribution in [0, 0.1) is 5.82 Å². The average Bonchev–Trinajstić information content (AvgIpc) is 2.58. The van der Waals surface area contributed by atoms with Crippen LogP contribution in [0.25, 0.3) is 10.9 Å². The molecule has 5 nitrogen and oxygen atoms in total. The van der Waals surface area contributed by atoms with Crippen molar-refractivity contribution in [2.45, 2.75) is 6.92 Å². The van der Waals surface area contributed by atoms with Gasteiger partial charge in [0.25, 0.3) is 5.56 Å². The molecule has 1 aromatic carbocycles. The molecule has 0 spiro atoms. The van der Waals surface area contributed by atoms with E-state index in [0.29, 0.717) is 0 Å². The first-order chi connectivity index (χ1) is 7.65. The number of rotatable bonds is 1. The normalized spacial score (nSPS) is 10.6.